The van der Waals surface area contributed by atoms with Crippen LogP contribution in [0.1, 0.15) is 45.4 Å². The molecule has 8 heteroatoms. The highest BCUT2D eigenvalue weighted by Gasteiger charge is 2.31. The van der Waals surface area contributed by atoms with Crippen molar-refractivity contribution < 1.29 is 18.0 Å². The molecule has 1 fully saturated rings. The molecule has 2 aromatic carbocycles. The van der Waals surface area contributed by atoms with Crippen LogP contribution in [0.3, 0.4) is 0 Å². The maximum atomic E-state index is 13.2. The van der Waals surface area contributed by atoms with Crippen molar-refractivity contribution >= 4 is 27.5 Å². The summed E-state index contributed by atoms with van der Waals surface area (Å²) in [5, 5.41) is 0.962. The number of benzene rings is 2. The molecule has 2 aromatic heterocycles. The molecule has 1 aliphatic rings. The van der Waals surface area contributed by atoms with Gasteiger partial charge in [-0.2, -0.15) is 13.2 Å². The largest absolute Gasteiger partial charge is 0.416 e. The van der Waals surface area contributed by atoms with Gasteiger partial charge in [0.2, 0.25) is 0 Å². The molecule has 0 unspecified atom stereocenters. The van der Waals surface area contributed by atoms with E-state index < -0.39 is 11.7 Å². The number of amides is 1. The molecular formula is C26H22F3N3OS. The van der Waals surface area contributed by atoms with Gasteiger partial charge >= 0.3 is 6.18 Å². The second kappa shape index (κ2) is 8.83. The van der Waals surface area contributed by atoms with Gasteiger partial charge in [-0.15, -0.1) is 11.3 Å². The summed E-state index contributed by atoms with van der Waals surface area (Å²) >= 11 is 1.60. The first-order chi connectivity index (χ1) is 16.3. The molecule has 34 heavy (non-hydrogen) atoms. The Balaban J connectivity index is 1.37. The highest BCUT2D eigenvalue weighted by molar-refractivity contribution is 7.18. The maximum Gasteiger partial charge on any atom is 0.416 e. The minimum Gasteiger partial charge on any atom is -0.338 e. The third-order valence-electron chi connectivity index (χ3n) is 6.12. The molecule has 0 aliphatic carbocycles. The molecule has 4 nitrogen and oxygen atoms in total. The zero-order valence-electron chi connectivity index (χ0n) is 18.5. The maximum absolute atomic E-state index is 13.2. The van der Waals surface area contributed by atoms with Gasteiger partial charge < -0.3 is 4.90 Å². The van der Waals surface area contributed by atoms with Crippen molar-refractivity contribution in [3.05, 3.63) is 82.5 Å². The van der Waals surface area contributed by atoms with Gasteiger partial charge in [-0.3, -0.25) is 9.78 Å². The van der Waals surface area contributed by atoms with E-state index >= 15 is 0 Å². The second-order valence-corrected chi connectivity index (χ2v) is 9.77. The highest BCUT2D eigenvalue weighted by Crippen LogP contribution is 2.33. The number of carbonyl (C=O) groups excluding carboxylic acids is 1. The summed E-state index contributed by atoms with van der Waals surface area (Å²) in [4.78, 5) is 24.2. The number of piperidine rings is 1. The Morgan fingerprint density at radius 3 is 2.71 bits per heavy atom. The number of hydrogen-bond acceptors (Lipinski definition) is 4. The molecule has 0 radical (unpaired) electrons. The number of nitrogens with zero attached hydrogens (tertiary/aromatic N) is 3. The van der Waals surface area contributed by atoms with Crippen LogP contribution in [0.2, 0.25) is 0 Å². The van der Waals surface area contributed by atoms with Crippen molar-refractivity contribution in [2.75, 3.05) is 13.1 Å². The Hall–Kier alpha value is -3.26. The van der Waals surface area contributed by atoms with Crippen molar-refractivity contribution in [3.8, 4) is 11.3 Å². The lowest BCUT2D eigenvalue weighted by Gasteiger charge is -2.32. The number of alkyl halides is 3. The minimum absolute atomic E-state index is 0.0219. The predicted molar refractivity (Wildman–Crippen MR) is 127 cm³/mol. The number of halogens is 3. The lowest BCUT2D eigenvalue weighted by molar-refractivity contribution is -0.137. The highest BCUT2D eigenvalue weighted by atomic mass is 32.1. The number of pyridine rings is 1. The molecule has 4 aromatic rings. The number of fused-ring (bicyclic) bond motifs is 1. The van der Waals surface area contributed by atoms with E-state index in [1.54, 1.807) is 23.5 Å². The van der Waals surface area contributed by atoms with E-state index in [4.69, 9.17) is 0 Å². The number of likely N-dealkylation sites (tertiary alicyclic amines) is 1. The molecule has 1 amide bonds. The van der Waals surface area contributed by atoms with Crippen LogP contribution in [0.5, 0.6) is 0 Å². The summed E-state index contributed by atoms with van der Waals surface area (Å²) in [6.07, 6.45) is -2.70. The average molecular weight is 482 g/mol. The zero-order chi connectivity index (χ0) is 23.9. The molecule has 0 saturated carbocycles. The molecule has 1 aliphatic heterocycles. The SMILES string of the molecule is Cc1nc2cc(C(=O)N3CCC[C@@H](c4cccc(-c5cccc(C(F)(F)F)c5)n4)C3)ccc2s1. The molecule has 5 rings (SSSR count). The quantitative estimate of drug-likeness (QED) is 0.327. The molecular weight excluding hydrogens is 459 g/mol. The first kappa shape index (κ1) is 22.5. The first-order valence-electron chi connectivity index (χ1n) is 11.1. The van der Waals surface area contributed by atoms with E-state index in [0.29, 0.717) is 29.9 Å². The van der Waals surface area contributed by atoms with E-state index in [0.717, 1.165) is 45.9 Å². The third-order valence-corrected chi connectivity index (χ3v) is 7.08. The van der Waals surface area contributed by atoms with Crippen molar-refractivity contribution in [2.24, 2.45) is 0 Å². The summed E-state index contributed by atoms with van der Waals surface area (Å²) in [5.41, 5.74) is 2.46. The fourth-order valence-corrected chi connectivity index (χ4v) is 5.26. The van der Waals surface area contributed by atoms with Crippen LogP contribution in [-0.4, -0.2) is 33.9 Å². The van der Waals surface area contributed by atoms with Gasteiger partial charge in [-0.1, -0.05) is 18.2 Å². The monoisotopic (exact) mass is 481 g/mol. The van der Waals surface area contributed by atoms with Crippen molar-refractivity contribution in [1.29, 1.82) is 0 Å². The topological polar surface area (TPSA) is 46.1 Å². The molecule has 1 atom stereocenters. The third kappa shape index (κ3) is 4.55. The predicted octanol–water partition coefficient (Wildman–Crippen LogP) is 6.71. The van der Waals surface area contributed by atoms with E-state index in [9.17, 15) is 18.0 Å². The Morgan fingerprint density at radius 2 is 1.88 bits per heavy atom. The van der Waals surface area contributed by atoms with Crippen molar-refractivity contribution in [2.45, 2.75) is 31.9 Å². The zero-order valence-corrected chi connectivity index (χ0v) is 19.3. The smallest absolute Gasteiger partial charge is 0.338 e. The second-order valence-electron chi connectivity index (χ2n) is 8.53. The van der Waals surface area contributed by atoms with E-state index in [2.05, 4.69) is 9.97 Å². The van der Waals surface area contributed by atoms with Crippen LogP contribution in [0.15, 0.2) is 60.7 Å². The van der Waals surface area contributed by atoms with Gasteiger partial charge in [0.05, 0.1) is 26.5 Å². The van der Waals surface area contributed by atoms with Gasteiger partial charge in [0.1, 0.15) is 0 Å². The van der Waals surface area contributed by atoms with Crippen LogP contribution >= 0.6 is 11.3 Å². The number of aryl methyl sites for hydroxylation is 1. The van der Waals surface area contributed by atoms with Crippen LogP contribution in [-0.2, 0) is 6.18 Å². The van der Waals surface area contributed by atoms with Gasteiger partial charge in [-0.05, 0) is 62.2 Å². The summed E-state index contributed by atoms with van der Waals surface area (Å²) in [6.45, 7) is 3.13. The normalized spacial score (nSPS) is 16.7. The standard InChI is InChI=1S/C26H22F3N3OS/c1-16-30-23-14-18(10-11-24(23)34-16)25(33)32-12-4-6-19(15-32)22-9-3-8-21(31-22)17-5-2-7-20(13-17)26(27,28)29/h2-3,5,7-11,13-14,19H,4,6,12,15H2,1H3/t19-/m1/s1. The summed E-state index contributed by atoms with van der Waals surface area (Å²) < 4.78 is 40.5. The summed E-state index contributed by atoms with van der Waals surface area (Å²) in [7, 11) is 0. The molecule has 1 saturated heterocycles. The molecule has 0 spiro atoms. The van der Waals surface area contributed by atoms with Crippen LogP contribution in [0, 0.1) is 6.92 Å². The van der Waals surface area contributed by atoms with Crippen LogP contribution < -0.4 is 0 Å². The van der Waals surface area contributed by atoms with Crippen molar-refractivity contribution in [3.63, 3.8) is 0 Å². The van der Waals surface area contributed by atoms with Gasteiger partial charge in [0, 0.05) is 35.8 Å². The lowest BCUT2D eigenvalue weighted by Crippen LogP contribution is -2.39. The number of carbonyl (C=O) groups is 1. The first-order valence-corrected chi connectivity index (χ1v) is 11.9. The van der Waals surface area contributed by atoms with Crippen LogP contribution in [0.25, 0.3) is 21.5 Å². The van der Waals surface area contributed by atoms with Gasteiger partial charge in [0.25, 0.3) is 5.91 Å². The summed E-state index contributed by atoms with van der Waals surface area (Å²) in [6, 6.07) is 16.3. The Kier molecular flexibility index (Phi) is 5.85. The minimum atomic E-state index is -4.40. The number of rotatable bonds is 3. The van der Waals surface area contributed by atoms with Gasteiger partial charge in [0.15, 0.2) is 0 Å². The molecule has 0 bridgehead atoms. The number of thiazole rings is 1. The van der Waals surface area contributed by atoms with E-state index in [1.165, 1.54) is 6.07 Å². The van der Waals surface area contributed by atoms with E-state index in [-0.39, 0.29) is 11.8 Å². The van der Waals surface area contributed by atoms with Crippen molar-refractivity contribution in [1.82, 2.24) is 14.9 Å². The average Bonchev–Trinajstić information content (AvgIpc) is 3.22. The van der Waals surface area contributed by atoms with E-state index in [1.807, 2.05) is 42.2 Å². The Labute approximate surface area is 199 Å². The Morgan fingerprint density at radius 1 is 1.06 bits per heavy atom. The van der Waals surface area contributed by atoms with Gasteiger partial charge in [-0.25, -0.2) is 4.98 Å². The fourth-order valence-electron chi connectivity index (χ4n) is 4.46. The molecule has 3 heterocycles. The molecule has 0 N–H and O–H groups in total. The fraction of sp³-hybridized carbons (Fsp3) is 0.269. The number of hydrogen-bond donors (Lipinski definition) is 0. The lowest BCUT2D eigenvalue weighted by atomic mass is 9.93. The molecule has 174 valence electrons. The van der Waals surface area contributed by atoms with Crippen LogP contribution in [0.4, 0.5) is 13.2 Å². The summed E-state index contributed by atoms with van der Waals surface area (Å²) in [5.74, 6) is -0.0139. The Bertz CT molecular complexity index is 1360. The number of aromatic nitrogens is 2.